The first kappa shape index (κ1) is 23.3. The highest BCUT2D eigenvalue weighted by molar-refractivity contribution is 5.48. The van der Waals surface area contributed by atoms with Gasteiger partial charge in [-0.3, -0.25) is 5.32 Å². The van der Waals surface area contributed by atoms with E-state index in [4.69, 9.17) is 0 Å². The van der Waals surface area contributed by atoms with Gasteiger partial charge in [0.15, 0.2) is 0 Å². The number of piperidine rings is 1. The van der Waals surface area contributed by atoms with E-state index in [1.165, 1.54) is 24.2 Å². The number of hydrogen-bond donors (Lipinski definition) is 5. The van der Waals surface area contributed by atoms with Crippen LogP contribution in [-0.2, 0) is 23.7 Å². The van der Waals surface area contributed by atoms with E-state index in [2.05, 4.69) is 11.4 Å². The van der Waals surface area contributed by atoms with Gasteiger partial charge in [-0.1, -0.05) is 50.3 Å². The van der Waals surface area contributed by atoms with Crippen LogP contribution in [0.15, 0.2) is 18.2 Å². The van der Waals surface area contributed by atoms with Crippen LogP contribution in [0, 0.1) is 0 Å². The molecule has 2 aliphatic heterocycles. The Morgan fingerprint density at radius 3 is 2.43 bits per heavy atom. The predicted octanol–water partition coefficient (Wildman–Crippen LogP) is 1.85. The van der Waals surface area contributed by atoms with Crippen molar-refractivity contribution in [3.05, 3.63) is 34.9 Å². The summed E-state index contributed by atoms with van der Waals surface area (Å²) in [5.74, 6) is -2.12. The summed E-state index contributed by atoms with van der Waals surface area (Å²) < 4.78 is 0. The minimum Gasteiger partial charge on any atom is -0.379 e. The number of benzene rings is 1. The molecule has 2 aliphatic rings. The van der Waals surface area contributed by atoms with Crippen molar-refractivity contribution in [3.63, 3.8) is 0 Å². The van der Waals surface area contributed by atoms with Gasteiger partial charge in [-0.2, -0.15) is 0 Å². The maximum Gasteiger partial charge on any atom is 0.254 e. The highest BCUT2D eigenvalue weighted by Crippen LogP contribution is 2.40. The van der Waals surface area contributed by atoms with Crippen molar-refractivity contribution >= 4 is 6.29 Å². The van der Waals surface area contributed by atoms with E-state index in [-0.39, 0.29) is 0 Å². The second-order valence-electron chi connectivity index (χ2n) is 8.66. The average Bonchev–Trinajstić information content (AvgIpc) is 2.98. The van der Waals surface area contributed by atoms with Crippen molar-refractivity contribution in [1.29, 1.82) is 0 Å². The third-order valence-corrected chi connectivity index (χ3v) is 6.50. The Bertz CT molecular complexity index is 696. The molecule has 3 rings (SSSR count). The van der Waals surface area contributed by atoms with Crippen molar-refractivity contribution in [3.8, 4) is 0 Å². The van der Waals surface area contributed by atoms with Gasteiger partial charge in [0.25, 0.3) is 5.91 Å². The Labute approximate surface area is 178 Å². The van der Waals surface area contributed by atoms with E-state index in [9.17, 15) is 25.2 Å². The van der Waals surface area contributed by atoms with Gasteiger partial charge >= 0.3 is 0 Å². The molecule has 168 valence electrons. The summed E-state index contributed by atoms with van der Waals surface area (Å²) in [4.78, 5) is 11.8. The van der Waals surface area contributed by atoms with Crippen molar-refractivity contribution in [1.82, 2.24) is 10.2 Å². The molecule has 5 N–H and O–H groups in total. The highest BCUT2D eigenvalue weighted by Gasteiger charge is 2.49. The van der Waals surface area contributed by atoms with Gasteiger partial charge < -0.3 is 25.2 Å². The molecule has 0 spiro atoms. The first-order valence-electron chi connectivity index (χ1n) is 11.3. The predicted molar refractivity (Wildman–Crippen MR) is 113 cm³/mol. The largest absolute Gasteiger partial charge is 0.379 e. The standard InChI is InChI=1S/C23H36N2O5/c26-15-8-6-4-2-1-3-5-7-10-17-11-9-12-19-18(17)16-25(23(19,29)30)20-13-14-21(27)24-22(20)28/h9,11-12,15,20-22,24,27-30H,1-8,10,13-14,16H2. The van der Waals surface area contributed by atoms with E-state index >= 15 is 0 Å². The fourth-order valence-electron chi connectivity index (χ4n) is 4.78. The number of aldehydes is 1. The number of nitrogens with zero attached hydrogens (tertiary/aromatic N) is 1. The Balaban J connectivity index is 1.53. The van der Waals surface area contributed by atoms with Crippen LogP contribution in [0.2, 0.25) is 0 Å². The zero-order valence-corrected chi connectivity index (χ0v) is 17.7. The van der Waals surface area contributed by atoms with Crippen LogP contribution in [0.3, 0.4) is 0 Å². The van der Waals surface area contributed by atoms with Crippen LogP contribution in [0.25, 0.3) is 0 Å². The topological polar surface area (TPSA) is 113 Å². The third kappa shape index (κ3) is 5.46. The molecule has 3 atom stereocenters. The van der Waals surface area contributed by atoms with Crippen molar-refractivity contribution in [2.24, 2.45) is 0 Å². The van der Waals surface area contributed by atoms with Gasteiger partial charge in [-0.15, -0.1) is 0 Å². The van der Waals surface area contributed by atoms with Crippen LogP contribution in [0.1, 0.15) is 80.9 Å². The summed E-state index contributed by atoms with van der Waals surface area (Å²) >= 11 is 0. The quantitative estimate of drug-likeness (QED) is 0.211. The number of carbonyl (C=O) groups is 1. The first-order valence-corrected chi connectivity index (χ1v) is 11.3. The molecule has 30 heavy (non-hydrogen) atoms. The van der Waals surface area contributed by atoms with E-state index < -0.39 is 24.4 Å². The minimum atomic E-state index is -2.12. The monoisotopic (exact) mass is 420 g/mol. The molecule has 0 saturated carbocycles. The zero-order chi connectivity index (χ0) is 21.6. The van der Waals surface area contributed by atoms with E-state index in [1.807, 2.05) is 6.07 Å². The number of aryl methyl sites for hydroxylation is 1. The van der Waals surface area contributed by atoms with Crippen LogP contribution in [0.5, 0.6) is 0 Å². The molecule has 1 fully saturated rings. The fourth-order valence-corrected chi connectivity index (χ4v) is 4.78. The Morgan fingerprint density at radius 1 is 1.03 bits per heavy atom. The van der Waals surface area contributed by atoms with Crippen molar-refractivity contribution < 1.29 is 25.2 Å². The Hall–Kier alpha value is -1.35. The summed E-state index contributed by atoms with van der Waals surface area (Å²) in [7, 11) is 0. The summed E-state index contributed by atoms with van der Waals surface area (Å²) in [6.07, 6.45) is 9.52. The summed E-state index contributed by atoms with van der Waals surface area (Å²) in [6.45, 7) is 0.370. The number of fused-ring (bicyclic) bond motifs is 1. The maximum absolute atomic E-state index is 10.9. The normalized spacial score (nSPS) is 25.9. The van der Waals surface area contributed by atoms with Crippen molar-refractivity contribution in [2.75, 3.05) is 0 Å². The summed E-state index contributed by atoms with van der Waals surface area (Å²) in [5.41, 5.74) is 2.56. The third-order valence-electron chi connectivity index (χ3n) is 6.50. The molecule has 0 radical (unpaired) electrons. The molecule has 0 bridgehead atoms. The van der Waals surface area contributed by atoms with Gasteiger partial charge in [0.05, 0.1) is 6.04 Å². The molecule has 0 amide bonds. The molecule has 0 aliphatic carbocycles. The number of rotatable bonds is 11. The number of aliphatic hydroxyl groups excluding tert-OH is 2. The van der Waals surface area contributed by atoms with E-state index in [0.29, 0.717) is 31.4 Å². The van der Waals surface area contributed by atoms with Crippen LogP contribution in [0.4, 0.5) is 0 Å². The summed E-state index contributed by atoms with van der Waals surface area (Å²) in [5, 5.41) is 44.4. The molecular formula is C23H36N2O5. The average molecular weight is 421 g/mol. The fraction of sp³-hybridized carbons (Fsp3) is 0.696. The second kappa shape index (κ2) is 10.8. The first-order chi connectivity index (χ1) is 14.4. The van der Waals surface area contributed by atoms with Crippen molar-refractivity contribution in [2.45, 2.75) is 102 Å². The Morgan fingerprint density at radius 2 is 1.73 bits per heavy atom. The molecule has 0 aromatic heterocycles. The van der Waals surface area contributed by atoms with Crippen LogP contribution < -0.4 is 5.32 Å². The van der Waals surface area contributed by atoms with Gasteiger partial charge in [0.2, 0.25) is 0 Å². The second-order valence-corrected chi connectivity index (χ2v) is 8.66. The van der Waals surface area contributed by atoms with Gasteiger partial charge in [-0.25, -0.2) is 4.90 Å². The molecular weight excluding hydrogens is 384 g/mol. The number of unbranched alkanes of at least 4 members (excludes halogenated alkanes) is 7. The van der Waals surface area contributed by atoms with Gasteiger partial charge in [-0.05, 0) is 43.2 Å². The number of aliphatic hydroxyl groups is 4. The molecule has 1 saturated heterocycles. The smallest absolute Gasteiger partial charge is 0.254 e. The van der Waals surface area contributed by atoms with E-state index in [1.54, 1.807) is 6.07 Å². The molecule has 7 nitrogen and oxygen atoms in total. The number of nitrogens with one attached hydrogen (secondary N) is 1. The highest BCUT2D eigenvalue weighted by atomic mass is 16.5. The number of carbonyl (C=O) groups excluding carboxylic acids is 1. The van der Waals surface area contributed by atoms with Crippen LogP contribution >= 0.6 is 0 Å². The summed E-state index contributed by atoms with van der Waals surface area (Å²) in [6, 6.07) is 5.18. The molecule has 2 heterocycles. The lowest BCUT2D eigenvalue weighted by molar-refractivity contribution is -0.292. The van der Waals surface area contributed by atoms with Crippen LogP contribution in [-0.4, -0.2) is 50.1 Å². The lowest BCUT2D eigenvalue weighted by atomic mass is 9.97. The minimum absolute atomic E-state index is 0.370. The lowest BCUT2D eigenvalue weighted by Gasteiger charge is -2.41. The Kier molecular flexibility index (Phi) is 8.39. The molecule has 7 heteroatoms. The number of hydrogen-bond acceptors (Lipinski definition) is 7. The van der Waals surface area contributed by atoms with Gasteiger partial charge in [0.1, 0.15) is 18.7 Å². The molecule has 1 aromatic rings. The van der Waals surface area contributed by atoms with E-state index in [0.717, 1.165) is 49.5 Å². The molecule has 1 aromatic carbocycles. The lowest BCUT2D eigenvalue weighted by Crippen LogP contribution is -2.60. The molecule has 3 unspecified atom stereocenters. The SMILES string of the molecule is O=CCCCCCCCCCc1cccc2c1CN(C1CCC(O)NC1O)C2(O)O. The van der Waals surface area contributed by atoms with Gasteiger partial charge in [0, 0.05) is 18.5 Å². The zero-order valence-electron chi connectivity index (χ0n) is 17.7. The maximum atomic E-state index is 10.9.